The van der Waals surface area contributed by atoms with Gasteiger partial charge in [0, 0.05) is 22.1 Å². The second-order valence-corrected chi connectivity index (χ2v) is 15.8. The summed E-state index contributed by atoms with van der Waals surface area (Å²) in [6, 6.07) is 70.1. The van der Waals surface area contributed by atoms with E-state index in [1.165, 1.54) is 71.4 Å². The Balaban J connectivity index is 1.02. The van der Waals surface area contributed by atoms with Crippen molar-refractivity contribution in [3.63, 3.8) is 0 Å². The molecule has 1 aliphatic carbocycles. The first-order chi connectivity index (χ1) is 28.0. The lowest BCUT2D eigenvalue weighted by Gasteiger charge is -2.23. The van der Waals surface area contributed by atoms with Crippen LogP contribution in [-0.2, 0) is 5.41 Å². The minimum atomic E-state index is -0.0894. The summed E-state index contributed by atoms with van der Waals surface area (Å²) >= 11 is 0. The van der Waals surface area contributed by atoms with Gasteiger partial charge < -0.3 is 0 Å². The molecule has 1 aromatic heterocycles. The summed E-state index contributed by atoms with van der Waals surface area (Å²) in [5.74, 6) is 0.710. The molecule has 0 bridgehead atoms. The van der Waals surface area contributed by atoms with Crippen LogP contribution in [0.1, 0.15) is 25.0 Å². The molecular weight excluding hydrogens is 689 g/mol. The smallest absolute Gasteiger partial charge is 0.160 e. The maximum Gasteiger partial charge on any atom is 0.160 e. The van der Waals surface area contributed by atoms with Crippen molar-refractivity contribution in [1.82, 2.24) is 9.97 Å². The molecule has 2 nitrogen and oxygen atoms in total. The summed E-state index contributed by atoms with van der Waals surface area (Å²) in [5, 5.41) is 7.48. The molecule has 0 atom stereocenters. The van der Waals surface area contributed by atoms with E-state index in [0.29, 0.717) is 5.82 Å². The molecule has 0 radical (unpaired) electrons. The fraction of sp³-hybridized carbons (Fsp3) is 0.0545. The van der Waals surface area contributed by atoms with E-state index in [0.717, 1.165) is 33.5 Å². The molecule has 0 N–H and O–H groups in total. The zero-order valence-electron chi connectivity index (χ0n) is 31.9. The van der Waals surface area contributed by atoms with Crippen LogP contribution in [0.4, 0.5) is 0 Å². The van der Waals surface area contributed by atoms with Gasteiger partial charge in [0.05, 0.1) is 11.4 Å². The van der Waals surface area contributed by atoms with Crippen LogP contribution in [0, 0.1) is 0 Å². The topological polar surface area (TPSA) is 25.8 Å². The standard InChI is InChI=1S/C55H38N2/c1-55(2)50-31-27-42(33-49(50)48-28-26-37-13-8-9-17-44(37)53(48)55)43-29-30-47(46-19-11-10-18-45(43)46)52-34-51(56-54(57-52)39-14-4-3-5-15-39)38-23-20-36(21-24-38)41-25-22-35-12-6-7-16-40(35)32-41/h3-34H,1-2H3. The second-order valence-electron chi connectivity index (χ2n) is 15.8. The van der Waals surface area contributed by atoms with Crippen LogP contribution in [-0.4, -0.2) is 9.97 Å². The molecule has 0 saturated carbocycles. The van der Waals surface area contributed by atoms with Gasteiger partial charge >= 0.3 is 0 Å². The van der Waals surface area contributed by atoms with Crippen LogP contribution in [0.3, 0.4) is 0 Å². The summed E-state index contributed by atoms with van der Waals surface area (Å²) in [7, 11) is 0. The molecule has 10 aromatic rings. The normalized spacial score (nSPS) is 12.9. The van der Waals surface area contributed by atoms with Crippen LogP contribution < -0.4 is 0 Å². The van der Waals surface area contributed by atoms with Crippen molar-refractivity contribution < 1.29 is 0 Å². The first-order valence-corrected chi connectivity index (χ1v) is 19.7. The zero-order chi connectivity index (χ0) is 38.1. The molecule has 0 saturated heterocycles. The number of benzene rings is 9. The van der Waals surface area contributed by atoms with Crippen LogP contribution >= 0.6 is 0 Å². The minimum absolute atomic E-state index is 0.0894. The molecule has 57 heavy (non-hydrogen) atoms. The molecule has 2 heteroatoms. The van der Waals surface area contributed by atoms with E-state index in [9.17, 15) is 0 Å². The molecule has 0 spiro atoms. The van der Waals surface area contributed by atoms with Crippen molar-refractivity contribution in [3.05, 3.63) is 205 Å². The van der Waals surface area contributed by atoms with Gasteiger partial charge in [-0.2, -0.15) is 0 Å². The number of hydrogen-bond acceptors (Lipinski definition) is 2. The maximum absolute atomic E-state index is 5.25. The number of fused-ring (bicyclic) bond motifs is 7. The molecular formula is C55H38N2. The van der Waals surface area contributed by atoms with Crippen LogP contribution in [0.2, 0.25) is 0 Å². The Labute approximate surface area is 332 Å². The summed E-state index contributed by atoms with van der Waals surface area (Å²) in [6.45, 7) is 4.74. The van der Waals surface area contributed by atoms with Gasteiger partial charge in [-0.15, -0.1) is 0 Å². The van der Waals surface area contributed by atoms with Crippen molar-refractivity contribution in [1.29, 1.82) is 0 Å². The summed E-state index contributed by atoms with van der Waals surface area (Å²) in [5.41, 5.74) is 15.1. The second kappa shape index (κ2) is 13.0. The molecule has 11 rings (SSSR count). The largest absolute Gasteiger partial charge is 0.228 e. The van der Waals surface area contributed by atoms with Gasteiger partial charge in [0.1, 0.15) is 0 Å². The average Bonchev–Trinajstić information content (AvgIpc) is 3.51. The molecule has 0 unspecified atom stereocenters. The van der Waals surface area contributed by atoms with Crippen LogP contribution in [0.5, 0.6) is 0 Å². The highest BCUT2D eigenvalue weighted by molar-refractivity contribution is 6.06. The first-order valence-electron chi connectivity index (χ1n) is 19.7. The van der Waals surface area contributed by atoms with E-state index in [-0.39, 0.29) is 5.41 Å². The molecule has 1 heterocycles. The van der Waals surface area contributed by atoms with E-state index < -0.39 is 0 Å². The highest BCUT2D eigenvalue weighted by atomic mass is 14.9. The van der Waals surface area contributed by atoms with Gasteiger partial charge in [0.2, 0.25) is 0 Å². The molecule has 268 valence electrons. The Morgan fingerprint density at radius 3 is 1.72 bits per heavy atom. The van der Waals surface area contributed by atoms with Gasteiger partial charge in [-0.3, -0.25) is 0 Å². The van der Waals surface area contributed by atoms with Gasteiger partial charge in [0.15, 0.2) is 5.82 Å². The lowest BCUT2D eigenvalue weighted by molar-refractivity contribution is 0.666. The number of hydrogen-bond donors (Lipinski definition) is 0. The Morgan fingerprint density at radius 1 is 0.333 bits per heavy atom. The molecule has 0 fully saturated rings. The summed E-state index contributed by atoms with van der Waals surface area (Å²) in [6.07, 6.45) is 0. The predicted octanol–water partition coefficient (Wildman–Crippen LogP) is 14.6. The Hall–Kier alpha value is -7.16. The summed E-state index contributed by atoms with van der Waals surface area (Å²) in [4.78, 5) is 10.4. The van der Waals surface area contributed by atoms with E-state index in [1.54, 1.807) is 0 Å². The molecule has 0 amide bonds. The zero-order valence-corrected chi connectivity index (χ0v) is 31.9. The maximum atomic E-state index is 5.25. The lowest BCUT2D eigenvalue weighted by atomic mass is 9.80. The third-order valence-electron chi connectivity index (χ3n) is 12.1. The SMILES string of the molecule is CC1(C)c2ccc(-c3ccc(-c4cc(-c5ccc(-c6ccc7ccccc7c6)cc5)nc(-c5ccccc5)n4)c4ccccc34)cc2-c2ccc3ccccc3c21. The Bertz CT molecular complexity index is 3190. The monoisotopic (exact) mass is 726 g/mol. The van der Waals surface area contributed by atoms with E-state index in [4.69, 9.17) is 9.97 Å². The van der Waals surface area contributed by atoms with Crippen molar-refractivity contribution in [2.45, 2.75) is 19.3 Å². The van der Waals surface area contributed by atoms with Crippen molar-refractivity contribution >= 4 is 32.3 Å². The number of rotatable bonds is 5. The first kappa shape index (κ1) is 33.2. The Morgan fingerprint density at radius 2 is 0.912 bits per heavy atom. The van der Waals surface area contributed by atoms with E-state index in [1.807, 2.05) is 18.2 Å². The third kappa shape index (κ3) is 5.48. The van der Waals surface area contributed by atoms with Gasteiger partial charge in [0.25, 0.3) is 0 Å². The van der Waals surface area contributed by atoms with E-state index in [2.05, 4.69) is 190 Å². The number of nitrogens with zero attached hydrogens (tertiary/aromatic N) is 2. The molecule has 0 aliphatic heterocycles. The molecule has 1 aliphatic rings. The Kier molecular flexibility index (Phi) is 7.55. The van der Waals surface area contributed by atoms with Crippen LogP contribution in [0.25, 0.3) is 99.6 Å². The van der Waals surface area contributed by atoms with Gasteiger partial charge in [-0.05, 0) is 95.0 Å². The quantitative estimate of drug-likeness (QED) is 0.176. The lowest BCUT2D eigenvalue weighted by Crippen LogP contribution is -2.15. The predicted molar refractivity (Wildman–Crippen MR) is 239 cm³/mol. The molecule has 9 aromatic carbocycles. The highest BCUT2D eigenvalue weighted by Gasteiger charge is 2.37. The highest BCUT2D eigenvalue weighted by Crippen LogP contribution is 2.52. The van der Waals surface area contributed by atoms with E-state index >= 15 is 0 Å². The minimum Gasteiger partial charge on any atom is -0.228 e. The van der Waals surface area contributed by atoms with Crippen molar-refractivity contribution in [2.75, 3.05) is 0 Å². The van der Waals surface area contributed by atoms with Crippen LogP contribution in [0.15, 0.2) is 194 Å². The van der Waals surface area contributed by atoms with Gasteiger partial charge in [-0.25, -0.2) is 9.97 Å². The van der Waals surface area contributed by atoms with Crippen molar-refractivity contribution in [2.24, 2.45) is 0 Å². The third-order valence-corrected chi connectivity index (χ3v) is 12.1. The van der Waals surface area contributed by atoms with Gasteiger partial charge in [-0.1, -0.05) is 190 Å². The summed E-state index contributed by atoms with van der Waals surface area (Å²) < 4.78 is 0. The number of aromatic nitrogens is 2. The fourth-order valence-electron chi connectivity index (χ4n) is 9.21. The fourth-order valence-corrected chi connectivity index (χ4v) is 9.21. The van der Waals surface area contributed by atoms with Crippen molar-refractivity contribution in [3.8, 4) is 67.3 Å². The average molecular weight is 727 g/mol.